The molecular weight excluding hydrogens is 253 g/mol. The molecule has 0 unspecified atom stereocenters. The third kappa shape index (κ3) is 2.67. The van der Waals surface area contributed by atoms with Gasteiger partial charge in [0.05, 0.1) is 11.6 Å². The van der Waals surface area contributed by atoms with Gasteiger partial charge < -0.3 is 9.94 Å². The number of hydrogen-bond acceptors (Lipinski definition) is 3. The number of hydroxylamine groups is 2. The summed E-state index contributed by atoms with van der Waals surface area (Å²) >= 11 is 3.06. The summed E-state index contributed by atoms with van der Waals surface area (Å²) in [5.41, 5.74) is 0.646. The number of ether oxygens (including phenoxy) is 1. The molecule has 0 fully saturated rings. The van der Waals surface area contributed by atoms with Gasteiger partial charge in [-0.25, -0.2) is 4.39 Å². The molecule has 3 nitrogen and oxygen atoms in total. The van der Waals surface area contributed by atoms with Crippen LogP contribution in [0.4, 0.5) is 4.39 Å². The zero-order chi connectivity index (χ0) is 10.7. The van der Waals surface area contributed by atoms with Crippen LogP contribution in [-0.2, 0) is 6.54 Å². The van der Waals surface area contributed by atoms with Gasteiger partial charge in [-0.15, -0.1) is 0 Å². The number of hydrogen-bond donors (Lipinski definition) is 1. The fourth-order valence-electron chi connectivity index (χ4n) is 1.12. The lowest BCUT2D eigenvalue weighted by atomic mass is 10.2. The molecule has 78 valence electrons. The first-order valence-corrected chi connectivity index (χ1v) is 4.76. The van der Waals surface area contributed by atoms with Gasteiger partial charge in [-0.05, 0) is 33.6 Å². The van der Waals surface area contributed by atoms with Crippen molar-refractivity contribution in [1.82, 2.24) is 5.06 Å². The predicted octanol–water partition coefficient (Wildman–Crippen LogP) is 2.42. The van der Waals surface area contributed by atoms with Gasteiger partial charge in [0.15, 0.2) is 0 Å². The second-order valence-corrected chi connectivity index (χ2v) is 3.70. The Morgan fingerprint density at radius 3 is 2.71 bits per heavy atom. The van der Waals surface area contributed by atoms with E-state index in [2.05, 4.69) is 15.9 Å². The van der Waals surface area contributed by atoms with Gasteiger partial charge in [-0.2, -0.15) is 5.06 Å². The molecule has 0 atom stereocenters. The van der Waals surface area contributed by atoms with Crippen molar-refractivity contribution >= 4 is 15.9 Å². The Morgan fingerprint density at radius 1 is 1.57 bits per heavy atom. The van der Waals surface area contributed by atoms with Crippen molar-refractivity contribution < 1.29 is 14.3 Å². The number of methoxy groups -OCH3 is 1. The van der Waals surface area contributed by atoms with Crippen molar-refractivity contribution in [2.75, 3.05) is 14.2 Å². The van der Waals surface area contributed by atoms with Crippen LogP contribution in [0.2, 0.25) is 0 Å². The lowest BCUT2D eigenvalue weighted by Gasteiger charge is -2.11. The van der Waals surface area contributed by atoms with E-state index in [0.29, 0.717) is 15.8 Å². The van der Waals surface area contributed by atoms with Gasteiger partial charge in [-0.1, -0.05) is 0 Å². The maximum Gasteiger partial charge on any atom is 0.141 e. The average molecular weight is 264 g/mol. The zero-order valence-electron chi connectivity index (χ0n) is 7.92. The fraction of sp³-hybridized carbons (Fsp3) is 0.333. The van der Waals surface area contributed by atoms with Crippen molar-refractivity contribution in [2.45, 2.75) is 6.54 Å². The van der Waals surface area contributed by atoms with E-state index in [1.807, 2.05) is 0 Å². The van der Waals surface area contributed by atoms with E-state index in [0.717, 1.165) is 5.06 Å². The van der Waals surface area contributed by atoms with Crippen LogP contribution in [0, 0.1) is 5.82 Å². The first-order chi connectivity index (χ1) is 6.54. The van der Waals surface area contributed by atoms with Crippen LogP contribution in [0.25, 0.3) is 0 Å². The maximum atomic E-state index is 13.3. The predicted molar refractivity (Wildman–Crippen MR) is 53.9 cm³/mol. The van der Waals surface area contributed by atoms with E-state index in [4.69, 9.17) is 9.94 Å². The quantitative estimate of drug-likeness (QED) is 0.851. The zero-order valence-corrected chi connectivity index (χ0v) is 9.51. The number of halogens is 2. The molecule has 0 saturated carbocycles. The molecule has 1 N–H and O–H groups in total. The van der Waals surface area contributed by atoms with Crippen LogP contribution < -0.4 is 4.74 Å². The lowest BCUT2D eigenvalue weighted by molar-refractivity contribution is -0.0732. The van der Waals surface area contributed by atoms with Gasteiger partial charge >= 0.3 is 0 Å². The molecule has 1 aromatic carbocycles. The monoisotopic (exact) mass is 263 g/mol. The lowest BCUT2D eigenvalue weighted by Crippen LogP contribution is -2.12. The molecule has 0 aromatic heterocycles. The third-order valence-corrected chi connectivity index (χ3v) is 2.46. The molecule has 0 aliphatic heterocycles. The van der Waals surface area contributed by atoms with Crippen molar-refractivity contribution in [3.8, 4) is 5.75 Å². The van der Waals surface area contributed by atoms with Gasteiger partial charge in [0.1, 0.15) is 11.6 Å². The number of rotatable bonds is 3. The van der Waals surface area contributed by atoms with E-state index >= 15 is 0 Å². The molecule has 0 spiro atoms. The summed E-state index contributed by atoms with van der Waals surface area (Å²) in [5.74, 6) is 0.0167. The summed E-state index contributed by atoms with van der Waals surface area (Å²) in [5, 5.41) is 9.96. The van der Waals surface area contributed by atoms with E-state index in [1.165, 1.54) is 20.2 Å². The first kappa shape index (κ1) is 11.4. The topological polar surface area (TPSA) is 32.7 Å². The van der Waals surface area contributed by atoms with Gasteiger partial charge in [0, 0.05) is 13.6 Å². The molecule has 14 heavy (non-hydrogen) atoms. The van der Waals surface area contributed by atoms with Gasteiger partial charge in [0.2, 0.25) is 0 Å². The smallest absolute Gasteiger partial charge is 0.141 e. The standard InChI is InChI=1S/C9H11BrFNO2/c1-12(13)5-6-3-7(11)9(10)8(4-6)14-2/h3-4,13H,5H2,1-2H3. The Labute approximate surface area is 90.2 Å². The van der Waals surface area contributed by atoms with Crippen molar-refractivity contribution in [1.29, 1.82) is 0 Å². The molecule has 0 aliphatic carbocycles. The van der Waals surface area contributed by atoms with E-state index in [-0.39, 0.29) is 6.54 Å². The van der Waals surface area contributed by atoms with Crippen LogP contribution in [0.15, 0.2) is 16.6 Å². The summed E-state index contributed by atoms with van der Waals surface area (Å²) in [7, 11) is 2.96. The van der Waals surface area contributed by atoms with E-state index in [9.17, 15) is 4.39 Å². The summed E-state index contributed by atoms with van der Waals surface area (Å²) < 4.78 is 18.5. The molecule has 0 amide bonds. The Kier molecular flexibility index (Phi) is 3.86. The van der Waals surface area contributed by atoms with Gasteiger partial charge in [0.25, 0.3) is 0 Å². The maximum absolute atomic E-state index is 13.3. The Bertz CT molecular complexity index is 331. The summed E-state index contributed by atoms with van der Waals surface area (Å²) in [6.07, 6.45) is 0. The van der Waals surface area contributed by atoms with E-state index < -0.39 is 5.82 Å². The van der Waals surface area contributed by atoms with Crippen LogP contribution >= 0.6 is 15.9 Å². The molecule has 0 heterocycles. The highest BCUT2D eigenvalue weighted by atomic mass is 79.9. The molecule has 0 bridgehead atoms. The highest BCUT2D eigenvalue weighted by Gasteiger charge is 2.09. The third-order valence-electron chi connectivity index (χ3n) is 1.69. The molecular formula is C9H11BrFNO2. The molecule has 5 heteroatoms. The van der Waals surface area contributed by atoms with Crippen molar-refractivity contribution in [2.24, 2.45) is 0 Å². The van der Waals surface area contributed by atoms with Gasteiger partial charge in [-0.3, -0.25) is 0 Å². The average Bonchev–Trinajstić information content (AvgIpc) is 2.10. The Balaban J connectivity index is 3.03. The summed E-state index contributed by atoms with van der Waals surface area (Å²) in [6.45, 7) is 0.251. The minimum absolute atomic E-state index is 0.251. The minimum Gasteiger partial charge on any atom is -0.495 e. The van der Waals surface area contributed by atoms with Crippen LogP contribution in [-0.4, -0.2) is 24.4 Å². The van der Waals surface area contributed by atoms with Crippen LogP contribution in [0.1, 0.15) is 5.56 Å². The largest absolute Gasteiger partial charge is 0.495 e. The van der Waals surface area contributed by atoms with Crippen molar-refractivity contribution in [3.05, 3.63) is 28.0 Å². The number of benzene rings is 1. The minimum atomic E-state index is -0.402. The molecule has 0 saturated heterocycles. The van der Waals surface area contributed by atoms with Crippen molar-refractivity contribution in [3.63, 3.8) is 0 Å². The second kappa shape index (κ2) is 4.72. The highest BCUT2D eigenvalue weighted by Crippen LogP contribution is 2.29. The normalized spacial score (nSPS) is 10.7. The first-order valence-electron chi connectivity index (χ1n) is 3.96. The fourth-order valence-corrected chi connectivity index (χ4v) is 1.51. The Hall–Kier alpha value is -0.650. The molecule has 0 aliphatic rings. The number of nitrogens with zero attached hydrogens (tertiary/aromatic N) is 1. The van der Waals surface area contributed by atoms with Crippen LogP contribution in [0.3, 0.4) is 0 Å². The summed E-state index contributed by atoms with van der Waals surface area (Å²) in [6, 6.07) is 3.01. The summed E-state index contributed by atoms with van der Waals surface area (Å²) in [4.78, 5) is 0. The molecule has 1 rings (SSSR count). The second-order valence-electron chi connectivity index (χ2n) is 2.91. The SMILES string of the molecule is COc1cc(CN(C)O)cc(F)c1Br. The Morgan fingerprint density at radius 2 is 2.21 bits per heavy atom. The van der Waals surface area contributed by atoms with E-state index in [1.54, 1.807) is 6.07 Å². The highest BCUT2D eigenvalue weighted by molar-refractivity contribution is 9.10. The van der Waals surface area contributed by atoms with Crippen LogP contribution in [0.5, 0.6) is 5.75 Å². The molecule has 1 aromatic rings. The molecule has 0 radical (unpaired) electrons.